The zero-order valence-corrected chi connectivity index (χ0v) is 12.2. The van der Waals surface area contributed by atoms with Gasteiger partial charge >= 0.3 is 0 Å². The molecule has 0 aliphatic carbocycles. The van der Waals surface area contributed by atoms with Gasteiger partial charge in [0.25, 0.3) is 11.7 Å². The Balaban J connectivity index is 1.65. The van der Waals surface area contributed by atoms with E-state index in [0.29, 0.717) is 11.6 Å². The molecule has 0 atom stereocenters. The number of fused-ring (bicyclic) bond motifs is 1. The van der Waals surface area contributed by atoms with Crippen molar-refractivity contribution in [3.05, 3.63) is 66.6 Å². The van der Waals surface area contributed by atoms with Crippen molar-refractivity contribution in [2.45, 2.75) is 0 Å². The number of benzene rings is 1. The molecule has 1 amide bonds. The van der Waals surface area contributed by atoms with Gasteiger partial charge in [-0.05, 0) is 18.2 Å². The summed E-state index contributed by atoms with van der Waals surface area (Å²) in [5.41, 5.74) is 0.224. The summed E-state index contributed by atoms with van der Waals surface area (Å²) in [5.74, 6) is -0.428. The molecule has 3 aromatic heterocycles. The maximum absolute atomic E-state index is 13.9. The summed E-state index contributed by atoms with van der Waals surface area (Å²) >= 11 is 0. The fourth-order valence-corrected chi connectivity index (χ4v) is 2.21. The van der Waals surface area contributed by atoms with Crippen LogP contribution in [-0.4, -0.2) is 35.3 Å². The van der Waals surface area contributed by atoms with Gasteiger partial charge in [-0.1, -0.05) is 12.1 Å². The lowest BCUT2D eigenvalue weighted by Crippen LogP contribution is -2.17. The summed E-state index contributed by atoms with van der Waals surface area (Å²) in [6.45, 7) is 0. The van der Waals surface area contributed by atoms with Gasteiger partial charge in [-0.25, -0.2) is 18.6 Å². The zero-order valence-electron chi connectivity index (χ0n) is 12.2. The molecule has 0 unspecified atom stereocenters. The van der Waals surface area contributed by atoms with E-state index in [2.05, 4.69) is 25.5 Å². The van der Waals surface area contributed by atoms with Crippen LogP contribution in [0.25, 0.3) is 11.5 Å². The van der Waals surface area contributed by atoms with Crippen molar-refractivity contribution in [3.8, 4) is 5.69 Å². The minimum absolute atomic E-state index is 0.0463. The Morgan fingerprint density at radius 2 is 2.00 bits per heavy atom. The SMILES string of the molecule is O=C(Nc1ccnn1-c1ccccc1F)c1nc2ncccn2n1. The second-order valence-electron chi connectivity index (χ2n) is 4.83. The number of hydrogen-bond donors (Lipinski definition) is 1. The number of halogens is 1. The third-order valence-electron chi connectivity index (χ3n) is 3.28. The van der Waals surface area contributed by atoms with E-state index in [1.807, 2.05) is 0 Å². The minimum atomic E-state index is -0.543. The molecule has 24 heavy (non-hydrogen) atoms. The molecule has 3 heterocycles. The lowest BCUT2D eigenvalue weighted by atomic mass is 10.3. The number of anilines is 1. The fourth-order valence-electron chi connectivity index (χ4n) is 2.21. The van der Waals surface area contributed by atoms with E-state index < -0.39 is 11.7 Å². The summed E-state index contributed by atoms with van der Waals surface area (Å²) in [7, 11) is 0. The summed E-state index contributed by atoms with van der Waals surface area (Å²) in [5, 5.41) is 10.7. The highest BCUT2D eigenvalue weighted by Gasteiger charge is 2.17. The van der Waals surface area contributed by atoms with E-state index in [1.165, 1.54) is 21.5 Å². The average molecular weight is 323 g/mol. The highest BCUT2D eigenvalue weighted by Crippen LogP contribution is 2.18. The first-order valence-electron chi connectivity index (χ1n) is 7.00. The largest absolute Gasteiger partial charge is 0.304 e. The standard InChI is InChI=1S/C15H10FN7O/c16-10-4-1-2-5-11(10)23-12(6-8-18-23)19-14(24)13-20-15-17-7-3-9-22(15)21-13/h1-9H,(H,19,24). The molecule has 0 saturated carbocycles. The lowest BCUT2D eigenvalue weighted by Gasteiger charge is -2.08. The smallest absolute Gasteiger partial charge is 0.296 e. The predicted octanol–water partition coefficient (Wildman–Crippen LogP) is 1.70. The first-order chi connectivity index (χ1) is 11.7. The highest BCUT2D eigenvalue weighted by atomic mass is 19.1. The molecule has 4 rings (SSSR count). The van der Waals surface area contributed by atoms with Crippen LogP contribution < -0.4 is 5.32 Å². The fraction of sp³-hybridized carbons (Fsp3) is 0. The maximum Gasteiger partial charge on any atom is 0.296 e. The molecule has 0 aliphatic heterocycles. The Morgan fingerprint density at radius 1 is 1.12 bits per heavy atom. The molecule has 118 valence electrons. The van der Waals surface area contributed by atoms with Crippen molar-refractivity contribution in [1.82, 2.24) is 29.4 Å². The number of rotatable bonds is 3. The van der Waals surface area contributed by atoms with Crippen LogP contribution in [0.5, 0.6) is 0 Å². The first kappa shape index (κ1) is 14.0. The molecular weight excluding hydrogens is 313 g/mol. The van der Waals surface area contributed by atoms with Gasteiger partial charge in [-0.15, -0.1) is 5.10 Å². The normalized spacial score (nSPS) is 10.9. The van der Waals surface area contributed by atoms with E-state index in [-0.39, 0.29) is 11.5 Å². The molecule has 0 fully saturated rings. The molecule has 0 radical (unpaired) electrons. The third kappa shape index (κ3) is 2.37. The number of carbonyl (C=O) groups excluding carboxylic acids is 1. The minimum Gasteiger partial charge on any atom is -0.304 e. The number of para-hydroxylation sites is 1. The molecule has 0 spiro atoms. The van der Waals surface area contributed by atoms with Crippen LogP contribution in [0, 0.1) is 5.82 Å². The zero-order chi connectivity index (χ0) is 16.5. The van der Waals surface area contributed by atoms with Crippen LogP contribution in [0.4, 0.5) is 10.2 Å². The molecular formula is C15H10FN7O. The Morgan fingerprint density at radius 3 is 2.83 bits per heavy atom. The molecule has 8 nitrogen and oxygen atoms in total. The molecule has 9 heteroatoms. The maximum atomic E-state index is 13.9. The Hall–Kier alpha value is -3.62. The van der Waals surface area contributed by atoms with Gasteiger partial charge in [-0.3, -0.25) is 4.79 Å². The van der Waals surface area contributed by atoms with E-state index in [4.69, 9.17) is 0 Å². The van der Waals surface area contributed by atoms with Gasteiger partial charge in [0, 0.05) is 18.5 Å². The Bertz CT molecular complexity index is 1010. The number of hydrogen-bond acceptors (Lipinski definition) is 5. The van der Waals surface area contributed by atoms with Gasteiger partial charge in [0.05, 0.1) is 6.20 Å². The van der Waals surface area contributed by atoms with Crippen LogP contribution in [0.15, 0.2) is 55.0 Å². The first-order valence-corrected chi connectivity index (χ1v) is 7.00. The lowest BCUT2D eigenvalue weighted by molar-refractivity contribution is 0.101. The number of nitrogens with zero attached hydrogens (tertiary/aromatic N) is 6. The summed E-state index contributed by atoms with van der Waals surface area (Å²) in [6.07, 6.45) is 4.65. The van der Waals surface area contributed by atoms with Crippen LogP contribution in [0.1, 0.15) is 10.6 Å². The quantitative estimate of drug-likeness (QED) is 0.620. The third-order valence-corrected chi connectivity index (χ3v) is 3.28. The van der Waals surface area contributed by atoms with Crippen LogP contribution >= 0.6 is 0 Å². The topological polar surface area (TPSA) is 90.0 Å². The monoisotopic (exact) mass is 323 g/mol. The molecule has 0 saturated heterocycles. The van der Waals surface area contributed by atoms with Crippen molar-refractivity contribution in [2.24, 2.45) is 0 Å². The Kier molecular flexibility index (Phi) is 3.23. The number of aromatic nitrogens is 6. The summed E-state index contributed by atoms with van der Waals surface area (Å²) in [4.78, 5) is 20.4. The molecule has 1 aromatic carbocycles. The molecule has 0 aliphatic rings. The van der Waals surface area contributed by atoms with E-state index in [0.717, 1.165) is 0 Å². The number of amides is 1. The molecule has 4 aromatic rings. The van der Waals surface area contributed by atoms with Crippen LogP contribution in [0.2, 0.25) is 0 Å². The Labute approximate surface area is 134 Å². The van der Waals surface area contributed by atoms with Crippen LogP contribution in [0.3, 0.4) is 0 Å². The second kappa shape index (κ2) is 5.54. The van der Waals surface area contributed by atoms with Gasteiger partial charge < -0.3 is 5.32 Å². The van der Waals surface area contributed by atoms with Gasteiger partial charge in [0.15, 0.2) is 0 Å². The second-order valence-corrected chi connectivity index (χ2v) is 4.83. The van der Waals surface area contributed by atoms with E-state index >= 15 is 0 Å². The van der Waals surface area contributed by atoms with Crippen molar-refractivity contribution < 1.29 is 9.18 Å². The highest BCUT2D eigenvalue weighted by molar-refractivity contribution is 6.01. The number of carbonyl (C=O) groups is 1. The predicted molar refractivity (Wildman–Crippen MR) is 82.3 cm³/mol. The van der Waals surface area contributed by atoms with E-state index in [9.17, 15) is 9.18 Å². The van der Waals surface area contributed by atoms with E-state index in [1.54, 1.807) is 42.7 Å². The molecule has 1 N–H and O–H groups in total. The number of nitrogens with one attached hydrogen (secondary N) is 1. The van der Waals surface area contributed by atoms with Crippen molar-refractivity contribution in [3.63, 3.8) is 0 Å². The van der Waals surface area contributed by atoms with Gasteiger partial charge in [0.2, 0.25) is 5.82 Å². The molecule has 0 bridgehead atoms. The van der Waals surface area contributed by atoms with Crippen LogP contribution in [-0.2, 0) is 0 Å². The van der Waals surface area contributed by atoms with Gasteiger partial charge in [-0.2, -0.15) is 10.1 Å². The van der Waals surface area contributed by atoms with Gasteiger partial charge in [0.1, 0.15) is 17.3 Å². The van der Waals surface area contributed by atoms with Crippen molar-refractivity contribution >= 4 is 17.5 Å². The summed E-state index contributed by atoms with van der Waals surface area (Å²) < 4.78 is 16.6. The van der Waals surface area contributed by atoms with Crippen molar-refractivity contribution in [2.75, 3.05) is 5.32 Å². The average Bonchev–Trinajstić information content (AvgIpc) is 3.22. The summed E-state index contributed by atoms with van der Waals surface area (Å²) in [6, 6.07) is 9.37. The van der Waals surface area contributed by atoms with Crippen molar-refractivity contribution in [1.29, 1.82) is 0 Å².